The molecule has 0 bridgehead atoms. The van der Waals surface area contributed by atoms with E-state index in [1.54, 1.807) is 0 Å². The fourth-order valence-electron chi connectivity index (χ4n) is 3.29. The average Bonchev–Trinajstić information content (AvgIpc) is 2.55. The van der Waals surface area contributed by atoms with Crippen molar-refractivity contribution < 1.29 is 47.6 Å². The Morgan fingerprint density at radius 1 is 0.692 bits per heavy atom. The maximum Gasteiger partial charge on any atom is 1.00 e. The average molecular weight is 401 g/mol. The molecule has 0 rings (SSSR count). The van der Waals surface area contributed by atoms with Crippen molar-refractivity contribution in [2.75, 3.05) is 0 Å². The SMILES string of the molecule is CCCCCCCCCC(O)CCCC(CCCCCC)S(=O)(=O)[O-].[Na+]. The second kappa shape index (κ2) is 19.2. The van der Waals surface area contributed by atoms with Gasteiger partial charge in [-0.15, -0.1) is 0 Å². The van der Waals surface area contributed by atoms with E-state index < -0.39 is 15.4 Å². The number of hydrogen-bond donors (Lipinski definition) is 1. The zero-order valence-electron chi connectivity index (χ0n) is 17.5. The Balaban J connectivity index is 0. The van der Waals surface area contributed by atoms with Gasteiger partial charge in [-0.05, 0) is 32.1 Å². The molecule has 0 radical (unpaired) electrons. The maximum absolute atomic E-state index is 11.4. The van der Waals surface area contributed by atoms with Crippen molar-refractivity contribution in [2.24, 2.45) is 0 Å². The van der Waals surface area contributed by atoms with Gasteiger partial charge in [0.2, 0.25) is 0 Å². The van der Waals surface area contributed by atoms with Crippen molar-refractivity contribution in [3.63, 3.8) is 0 Å². The summed E-state index contributed by atoms with van der Waals surface area (Å²) in [6.45, 7) is 4.32. The zero-order valence-corrected chi connectivity index (χ0v) is 20.4. The van der Waals surface area contributed by atoms with Crippen molar-refractivity contribution >= 4 is 10.1 Å². The molecule has 2 atom stereocenters. The molecule has 0 aliphatic carbocycles. The van der Waals surface area contributed by atoms with E-state index in [2.05, 4.69) is 13.8 Å². The Hall–Kier alpha value is 0.870. The monoisotopic (exact) mass is 400 g/mol. The molecular formula is C20H41NaO4S. The molecule has 0 saturated carbocycles. The van der Waals surface area contributed by atoms with Gasteiger partial charge in [0.15, 0.2) is 0 Å². The van der Waals surface area contributed by atoms with Crippen LogP contribution in [0.5, 0.6) is 0 Å². The Bertz CT molecular complexity index is 387. The molecular weight excluding hydrogens is 359 g/mol. The second-order valence-corrected chi connectivity index (χ2v) is 9.11. The Kier molecular flexibility index (Phi) is 21.5. The predicted octanol–water partition coefficient (Wildman–Crippen LogP) is 2.55. The molecule has 0 spiro atoms. The van der Waals surface area contributed by atoms with Gasteiger partial charge in [0.1, 0.15) is 0 Å². The first-order valence-electron chi connectivity index (χ1n) is 10.5. The van der Waals surface area contributed by atoms with Crippen LogP contribution < -0.4 is 29.6 Å². The molecule has 0 aromatic carbocycles. The number of rotatable bonds is 18. The first-order chi connectivity index (χ1) is 11.9. The van der Waals surface area contributed by atoms with E-state index in [1.807, 2.05) is 0 Å². The predicted molar refractivity (Wildman–Crippen MR) is 105 cm³/mol. The van der Waals surface area contributed by atoms with Crippen LogP contribution in [0.3, 0.4) is 0 Å². The molecule has 26 heavy (non-hydrogen) atoms. The van der Waals surface area contributed by atoms with Gasteiger partial charge in [0.05, 0.1) is 16.2 Å². The maximum atomic E-state index is 11.4. The normalized spacial score (nSPS) is 14.0. The number of hydrogen-bond acceptors (Lipinski definition) is 4. The fraction of sp³-hybridized carbons (Fsp3) is 1.00. The molecule has 0 fully saturated rings. The summed E-state index contributed by atoms with van der Waals surface area (Å²) < 4.78 is 34.1. The molecule has 0 amide bonds. The van der Waals surface area contributed by atoms with Crippen LogP contribution in [0.25, 0.3) is 0 Å². The van der Waals surface area contributed by atoms with Crippen LogP contribution in [0.2, 0.25) is 0 Å². The van der Waals surface area contributed by atoms with E-state index in [0.29, 0.717) is 25.7 Å². The Labute approximate surface area is 185 Å². The van der Waals surface area contributed by atoms with E-state index in [1.165, 1.54) is 32.1 Å². The third kappa shape index (κ3) is 18.2. The van der Waals surface area contributed by atoms with Crippen molar-refractivity contribution in [1.29, 1.82) is 0 Å². The first-order valence-corrected chi connectivity index (χ1v) is 12.0. The third-order valence-electron chi connectivity index (χ3n) is 4.99. The van der Waals surface area contributed by atoms with Crippen LogP contribution in [-0.4, -0.2) is 29.4 Å². The summed E-state index contributed by atoms with van der Waals surface area (Å²) in [5.41, 5.74) is 0. The summed E-state index contributed by atoms with van der Waals surface area (Å²) in [5.74, 6) is 0. The van der Waals surface area contributed by atoms with E-state index in [4.69, 9.17) is 0 Å². The Morgan fingerprint density at radius 3 is 1.62 bits per heavy atom. The van der Waals surface area contributed by atoms with Crippen molar-refractivity contribution in [3.8, 4) is 0 Å². The summed E-state index contributed by atoms with van der Waals surface area (Å²) in [5, 5.41) is 9.26. The van der Waals surface area contributed by atoms with Gasteiger partial charge in [0.25, 0.3) is 0 Å². The molecule has 0 aliphatic rings. The van der Waals surface area contributed by atoms with Crippen LogP contribution in [0.4, 0.5) is 0 Å². The molecule has 0 saturated heterocycles. The summed E-state index contributed by atoms with van der Waals surface area (Å²) in [6, 6.07) is 0. The molecule has 0 aliphatic heterocycles. The fourth-order valence-corrected chi connectivity index (χ4v) is 4.21. The molecule has 6 heteroatoms. The molecule has 4 nitrogen and oxygen atoms in total. The van der Waals surface area contributed by atoms with E-state index in [-0.39, 0.29) is 35.7 Å². The molecule has 1 N–H and O–H groups in total. The van der Waals surface area contributed by atoms with Gasteiger partial charge in [0, 0.05) is 5.25 Å². The van der Waals surface area contributed by atoms with Gasteiger partial charge in [-0.25, -0.2) is 8.42 Å². The summed E-state index contributed by atoms with van der Waals surface area (Å²) in [4.78, 5) is 0. The number of aliphatic hydroxyl groups excluding tert-OH is 1. The molecule has 0 aromatic rings. The topological polar surface area (TPSA) is 77.4 Å². The minimum absolute atomic E-state index is 0. The van der Waals surface area contributed by atoms with Gasteiger partial charge in [-0.3, -0.25) is 0 Å². The molecule has 0 heterocycles. The number of aliphatic hydroxyl groups is 1. The van der Waals surface area contributed by atoms with Crippen LogP contribution in [0.1, 0.15) is 117 Å². The Morgan fingerprint density at radius 2 is 1.08 bits per heavy atom. The minimum Gasteiger partial charge on any atom is -0.748 e. The molecule has 0 aromatic heterocycles. The summed E-state index contributed by atoms with van der Waals surface area (Å²) >= 11 is 0. The van der Waals surface area contributed by atoms with E-state index in [9.17, 15) is 18.1 Å². The molecule has 152 valence electrons. The van der Waals surface area contributed by atoms with Crippen LogP contribution in [0.15, 0.2) is 0 Å². The summed E-state index contributed by atoms with van der Waals surface area (Å²) in [7, 11) is -4.21. The van der Waals surface area contributed by atoms with Gasteiger partial charge in [-0.2, -0.15) is 0 Å². The van der Waals surface area contributed by atoms with Crippen molar-refractivity contribution in [2.45, 2.75) is 128 Å². The standard InChI is InChI=1S/C20H42O4S.Na/c1-3-5-7-9-10-11-12-15-19(21)16-14-18-20(25(22,23)24)17-13-8-6-4-2;/h19-21H,3-18H2,1-2H3,(H,22,23,24);/q;+1/p-1. The van der Waals surface area contributed by atoms with E-state index in [0.717, 1.165) is 44.9 Å². The van der Waals surface area contributed by atoms with Crippen molar-refractivity contribution in [3.05, 3.63) is 0 Å². The number of unbranched alkanes of at least 4 members (excludes halogenated alkanes) is 9. The van der Waals surface area contributed by atoms with Crippen LogP contribution in [-0.2, 0) is 10.1 Å². The molecule has 2 unspecified atom stereocenters. The third-order valence-corrected chi connectivity index (χ3v) is 6.28. The van der Waals surface area contributed by atoms with E-state index >= 15 is 0 Å². The van der Waals surface area contributed by atoms with Gasteiger partial charge in [-0.1, -0.05) is 84.5 Å². The summed E-state index contributed by atoms with van der Waals surface area (Å²) in [6.07, 6.45) is 15.1. The van der Waals surface area contributed by atoms with Gasteiger partial charge >= 0.3 is 29.6 Å². The smallest absolute Gasteiger partial charge is 0.748 e. The van der Waals surface area contributed by atoms with Crippen LogP contribution >= 0.6 is 0 Å². The van der Waals surface area contributed by atoms with Crippen LogP contribution in [0, 0.1) is 0 Å². The van der Waals surface area contributed by atoms with Crippen molar-refractivity contribution in [1.82, 2.24) is 0 Å². The quantitative estimate of drug-likeness (QED) is 0.218. The minimum atomic E-state index is -4.21. The largest absolute Gasteiger partial charge is 1.00 e. The second-order valence-electron chi connectivity index (χ2n) is 7.46. The van der Waals surface area contributed by atoms with Gasteiger partial charge < -0.3 is 9.66 Å². The first kappa shape index (κ1) is 29.1. The zero-order chi connectivity index (χ0) is 19.0.